The molecule has 0 aliphatic heterocycles. The number of halogens is 5. The van der Waals surface area contributed by atoms with Crippen LogP contribution in [-0.4, -0.2) is 0 Å². The third-order valence-electron chi connectivity index (χ3n) is 4.04. The van der Waals surface area contributed by atoms with Gasteiger partial charge in [-0.05, 0) is 34.9 Å². The topological polar surface area (TPSA) is 0 Å². The highest BCUT2D eigenvalue weighted by molar-refractivity contribution is 7.99. The van der Waals surface area contributed by atoms with Gasteiger partial charge in [0, 0.05) is 15.8 Å². The van der Waals surface area contributed by atoms with Crippen molar-refractivity contribution in [3.8, 4) is 0 Å². The molecule has 27 heavy (non-hydrogen) atoms. The lowest BCUT2D eigenvalue weighted by molar-refractivity contribution is -0.137. The van der Waals surface area contributed by atoms with Gasteiger partial charge in [0.1, 0.15) is 0 Å². The molecule has 0 nitrogen and oxygen atoms in total. The maximum atomic E-state index is 13.1. The normalized spacial score (nSPS) is 12.8. The molecule has 1 atom stereocenters. The molecule has 1 unspecified atom stereocenters. The quantitative estimate of drug-likeness (QED) is 0.397. The summed E-state index contributed by atoms with van der Waals surface area (Å²) in [5, 5.41) is 0.845. The van der Waals surface area contributed by atoms with Crippen molar-refractivity contribution in [1.82, 2.24) is 0 Å². The van der Waals surface area contributed by atoms with Crippen LogP contribution in [0.4, 0.5) is 13.2 Å². The Labute approximate surface area is 170 Å². The van der Waals surface area contributed by atoms with Gasteiger partial charge in [-0.2, -0.15) is 13.2 Å². The van der Waals surface area contributed by atoms with E-state index in [1.54, 1.807) is 18.2 Å². The average Bonchev–Trinajstić information content (AvgIpc) is 2.64. The van der Waals surface area contributed by atoms with Crippen LogP contribution < -0.4 is 0 Å². The zero-order valence-corrected chi connectivity index (χ0v) is 16.3. The molecule has 3 rings (SSSR count). The molecule has 0 saturated heterocycles. The molecule has 0 spiro atoms. The highest BCUT2D eigenvalue weighted by Gasteiger charge is 2.31. The monoisotopic (exact) mass is 426 g/mol. The summed E-state index contributed by atoms with van der Waals surface area (Å²) in [5.41, 5.74) is 1.78. The lowest BCUT2D eigenvalue weighted by Crippen LogP contribution is -2.06. The first-order valence-corrected chi connectivity index (χ1v) is 9.92. The van der Waals surface area contributed by atoms with Gasteiger partial charge in [-0.3, -0.25) is 0 Å². The van der Waals surface area contributed by atoms with E-state index in [4.69, 9.17) is 23.2 Å². The molecule has 6 heteroatoms. The van der Waals surface area contributed by atoms with E-state index in [1.807, 2.05) is 36.4 Å². The SMILES string of the molecule is FC(F)(F)c1cccc(C(SCc2ccc(Cl)cc2Cl)c2ccccc2)c1. The summed E-state index contributed by atoms with van der Waals surface area (Å²) in [6, 6.07) is 20.2. The van der Waals surface area contributed by atoms with E-state index in [2.05, 4.69) is 0 Å². The van der Waals surface area contributed by atoms with Gasteiger partial charge in [0.05, 0.1) is 10.8 Å². The van der Waals surface area contributed by atoms with Gasteiger partial charge in [-0.25, -0.2) is 0 Å². The number of benzene rings is 3. The lowest BCUT2D eigenvalue weighted by Gasteiger charge is -2.19. The molecule has 0 fully saturated rings. The summed E-state index contributed by atoms with van der Waals surface area (Å²) >= 11 is 13.7. The Morgan fingerprint density at radius 1 is 0.815 bits per heavy atom. The molecular formula is C21H15Cl2F3S. The standard InChI is InChI=1S/C21H15Cl2F3S/c22-18-10-9-16(19(23)12-18)13-27-20(14-5-2-1-3-6-14)15-7-4-8-17(11-15)21(24,25)26/h1-12,20H,13H2. The van der Waals surface area contributed by atoms with Gasteiger partial charge in [-0.15, -0.1) is 11.8 Å². The van der Waals surface area contributed by atoms with Crippen molar-refractivity contribution in [2.45, 2.75) is 17.2 Å². The highest BCUT2D eigenvalue weighted by atomic mass is 35.5. The summed E-state index contributed by atoms with van der Waals surface area (Å²) in [6.07, 6.45) is -4.37. The number of hydrogen-bond donors (Lipinski definition) is 0. The lowest BCUT2D eigenvalue weighted by atomic mass is 10.0. The molecule has 0 bridgehead atoms. The molecule has 0 N–H and O–H groups in total. The Balaban J connectivity index is 1.93. The Kier molecular flexibility index (Phi) is 6.40. The minimum atomic E-state index is -4.37. The minimum absolute atomic E-state index is 0.250. The van der Waals surface area contributed by atoms with Crippen LogP contribution in [0.15, 0.2) is 72.8 Å². The second-order valence-corrected chi connectivity index (χ2v) is 7.90. The van der Waals surface area contributed by atoms with Gasteiger partial charge in [0.15, 0.2) is 0 Å². The molecule has 0 saturated carbocycles. The maximum absolute atomic E-state index is 13.1. The largest absolute Gasteiger partial charge is 0.416 e. The van der Waals surface area contributed by atoms with Crippen molar-refractivity contribution >= 4 is 35.0 Å². The maximum Gasteiger partial charge on any atom is 0.416 e. The molecule has 0 heterocycles. The number of rotatable bonds is 5. The molecule has 0 radical (unpaired) electrons. The van der Waals surface area contributed by atoms with Crippen molar-refractivity contribution in [2.75, 3.05) is 0 Å². The first-order chi connectivity index (χ1) is 12.8. The zero-order chi connectivity index (χ0) is 19.4. The van der Waals surface area contributed by atoms with Crippen molar-refractivity contribution in [2.24, 2.45) is 0 Å². The van der Waals surface area contributed by atoms with Crippen LogP contribution in [0.3, 0.4) is 0 Å². The highest BCUT2D eigenvalue weighted by Crippen LogP contribution is 2.40. The molecular weight excluding hydrogens is 412 g/mol. The summed E-state index contributed by atoms with van der Waals surface area (Å²) in [7, 11) is 0. The average molecular weight is 427 g/mol. The molecule has 3 aromatic carbocycles. The second-order valence-electron chi connectivity index (χ2n) is 5.96. The number of hydrogen-bond acceptors (Lipinski definition) is 1. The Hall–Kier alpha value is -1.62. The van der Waals surface area contributed by atoms with Crippen LogP contribution in [0.5, 0.6) is 0 Å². The van der Waals surface area contributed by atoms with Crippen LogP contribution in [0.25, 0.3) is 0 Å². The van der Waals surface area contributed by atoms with E-state index >= 15 is 0 Å². The van der Waals surface area contributed by atoms with Crippen LogP contribution in [0.2, 0.25) is 10.0 Å². The Morgan fingerprint density at radius 2 is 1.52 bits per heavy atom. The van der Waals surface area contributed by atoms with Crippen LogP contribution >= 0.6 is 35.0 Å². The molecule has 0 aliphatic rings. The Morgan fingerprint density at radius 3 is 2.19 bits per heavy atom. The molecule has 140 valence electrons. The van der Waals surface area contributed by atoms with Crippen LogP contribution in [0, 0.1) is 0 Å². The number of thioether (sulfide) groups is 1. The van der Waals surface area contributed by atoms with E-state index in [1.165, 1.54) is 23.9 Å². The number of alkyl halides is 3. The smallest absolute Gasteiger partial charge is 0.166 e. The van der Waals surface area contributed by atoms with Gasteiger partial charge in [-0.1, -0.05) is 77.8 Å². The third kappa shape index (κ3) is 5.22. The third-order valence-corrected chi connectivity index (χ3v) is 5.98. The van der Waals surface area contributed by atoms with E-state index in [-0.39, 0.29) is 5.25 Å². The molecule has 0 aromatic heterocycles. The van der Waals surface area contributed by atoms with Crippen molar-refractivity contribution in [3.05, 3.63) is 105 Å². The summed E-state index contributed by atoms with van der Waals surface area (Å²) in [4.78, 5) is 0. The van der Waals surface area contributed by atoms with Gasteiger partial charge in [0.25, 0.3) is 0 Å². The van der Waals surface area contributed by atoms with Crippen LogP contribution in [-0.2, 0) is 11.9 Å². The van der Waals surface area contributed by atoms with Gasteiger partial charge in [0.2, 0.25) is 0 Å². The first-order valence-electron chi connectivity index (χ1n) is 8.12. The van der Waals surface area contributed by atoms with Crippen molar-refractivity contribution < 1.29 is 13.2 Å². The molecule has 0 aliphatic carbocycles. The van der Waals surface area contributed by atoms with Gasteiger partial charge >= 0.3 is 6.18 Å². The fraction of sp³-hybridized carbons (Fsp3) is 0.143. The predicted octanol–water partition coefficient (Wildman–Crippen LogP) is 8.04. The fourth-order valence-corrected chi connectivity index (χ4v) is 4.54. The molecule has 3 aromatic rings. The first kappa shape index (κ1) is 20.1. The summed E-state index contributed by atoms with van der Waals surface area (Å²) in [6.45, 7) is 0. The van der Waals surface area contributed by atoms with Gasteiger partial charge < -0.3 is 0 Å². The van der Waals surface area contributed by atoms with Crippen molar-refractivity contribution in [1.29, 1.82) is 0 Å². The van der Waals surface area contributed by atoms with E-state index in [0.717, 1.165) is 17.2 Å². The van der Waals surface area contributed by atoms with Crippen LogP contribution in [0.1, 0.15) is 27.5 Å². The zero-order valence-electron chi connectivity index (χ0n) is 14.0. The van der Waals surface area contributed by atoms with E-state index in [0.29, 0.717) is 21.4 Å². The summed E-state index contributed by atoms with van der Waals surface area (Å²) in [5.74, 6) is 0.547. The Bertz CT molecular complexity index is 911. The minimum Gasteiger partial charge on any atom is -0.166 e. The predicted molar refractivity (Wildman–Crippen MR) is 107 cm³/mol. The van der Waals surface area contributed by atoms with Crippen molar-refractivity contribution in [3.63, 3.8) is 0 Å². The summed E-state index contributed by atoms with van der Waals surface area (Å²) < 4.78 is 39.4. The fourth-order valence-electron chi connectivity index (χ4n) is 2.70. The second kappa shape index (κ2) is 8.59. The van der Waals surface area contributed by atoms with E-state index in [9.17, 15) is 13.2 Å². The molecule has 0 amide bonds. The van der Waals surface area contributed by atoms with E-state index < -0.39 is 11.7 Å².